The van der Waals surface area contributed by atoms with Crippen molar-refractivity contribution in [2.75, 3.05) is 6.54 Å². The highest BCUT2D eigenvalue weighted by Gasteiger charge is 2.16. The standard InChI is InChI=1S/C13H17F2NO/c14-13(15)17-12-7-2-1-5-10(12)9-11-6-3-4-8-16-11/h1-2,5,7,11,13,16H,3-4,6,8-9H2. The summed E-state index contributed by atoms with van der Waals surface area (Å²) < 4.78 is 29.0. The summed E-state index contributed by atoms with van der Waals surface area (Å²) in [5, 5.41) is 3.41. The zero-order valence-electron chi connectivity index (χ0n) is 9.66. The van der Waals surface area contributed by atoms with Crippen LogP contribution < -0.4 is 10.1 Å². The SMILES string of the molecule is FC(F)Oc1ccccc1CC1CCCCN1. The van der Waals surface area contributed by atoms with Crippen molar-refractivity contribution < 1.29 is 13.5 Å². The number of piperidine rings is 1. The molecule has 0 amide bonds. The number of benzene rings is 1. The summed E-state index contributed by atoms with van der Waals surface area (Å²) in [6.45, 7) is -1.74. The summed E-state index contributed by atoms with van der Waals surface area (Å²) >= 11 is 0. The lowest BCUT2D eigenvalue weighted by Crippen LogP contribution is -2.35. The van der Waals surface area contributed by atoms with Gasteiger partial charge in [0.15, 0.2) is 0 Å². The number of alkyl halides is 2. The van der Waals surface area contributed by atoms with Crippen molar-refractivity contribution in [3.05, 3.63) is 29.8 Å². The van der Waals surface area contributed by atoms with Gasteiger partial charge in [-0.15, -0.1) is 0 Å². The molecule has 1 saturated heterocycles. The van der Waals surface area contributed by atoms with E-state index < -0.39 is 6.61 Å². The molecule has 0 aliphatic carbocycles. The van der Waals surface area contributed by atoms with Crippen LogP contribution in [0.3, 0.4) is 0 Å². The van der Waals surface area contributed by atoms with Crippen LogP contribution in [0.5, 0.6) is 5.75 Å². The molecule has 94 valence electrons. The molecule has 1 aromatic carbocycles. The molecule has 0 spiro atoms. The number of halogens is 2. The topological polar surface area (TPSA) is 21.3 Å². The molecule has 17 heavy (non-hydrogen) atoms. The van der Waals surface area contributed by atoms with E-state index in [4.69, 9.17) is 0 Å². The van der Waals surface area contributed by atoms with Gasteiger partial charge in [-0.25, -0.2) is 0 Å². The molecule has 0 radical (unpaired) electrons. The maximum absolute atomic E-state index is 12.2. The highest BCUT2D eigenvalue weighted by molar-refractivity contribution is 5.34. The van der Waals surface area contributed by atoms with E-state index in [1.54, 1.807) is 12.1 Å². The Kier molecular flexibility index (Phi) is 4.31. The lowest BCUT2D eigenvalue weighted by Gasteiger charge is -2.24. The molecule has 1 aliphatic rings. The largest absolute Gasteiger partial charge is 0.435 e. The Balaban J connectivity index is 2.03. The highest BCUT2D eigenvalue weighted by atomic mass is 19.3. The molecular formula is C13H17F2NO. The molecule has 1 atom stereocenters. The smallest absolute Gasteiger partial charge is 0.387 e. The average Bonchev–Trinajstić information content (AvgIpc) is 2.32. The molecular weight excluding hydrogens is 224 g/mol. The van der Waals surface area contributed by atoms with E-state index in [0.717, 1.165) is 24.9 Å². The predicted molar refractivity (Wildman–Crippen MR) is 62.4 cm³/mol. The monoisotopic (exact) mass is 241 g/mol. The van der Waals surface area contributed by atoms with Gasteiger partial charge in [-0.2, -0.15) is 8.78 Å². The van der Waals surface area contributed by atoms with Gasteiger partial charge in [-0.1, -0.05) is 24.6 Å². The first-order chi connectivity index (χ1) is 8.25. The van der Waals surface area contributed by atoms with Gasteiger partial charge in [0.25, 0.3) is 0 Å². The summed E-state index contributed by atoms with van der Waals surface area (Å²) in [6, 6.07) is 7.41. The van der Waals surface area contributed by atoms with Crippen LogP contribution in [0.25, 0.3) is 0 Å². The van der Waals surface area contributed by atoms with Crippen LogP contribution in [0.1, 0.15) is 24.8 Å². The molecule has 4 heteroatoms. The summed E-state index contributed by atoms with van der Waals surface area (Å²) in [5.74, 6) is 0.301. The molecule has 1 heterocycles. The van der Waals surface area contributed by atoms with Crippen molar-refractivity contribution in [1.29, 1.82) is 0 Å². The number of hydrogen-bond donors (Lipinski definition) is 1. The Morgan fingerprint density at radius 1 is 1.29 bits per heavy atom. The second-order valence-electron chi connectivity index (χ2n) is 4.34. The molecule has 1 unspecified atom stereocenters. The molecule has 0 aromatic heterocycles. The van der Waals surface area contributed by atoms with Gasteiger partial charge in [-0.3, -0.25) is 0 Å². The van der Waals surface area contributed by atoms with Gasteiger partial charge in [0.2, 0.25) is 0 Å². The Morgan fingerprint density at radius 2 is 2.12 bits per heavy atom. The van der Waals surface area contributed by atoms with Crippen LogP contribution in [0.4, 0.5) is 8.78 Å². The van der Waals surface area contributed by atoms with E-state index in [9.17, 15) is 8.78 Å². The molecule has 1 N–H and O–H groups in total. The van der Waals surface area contributed by atoms with Crippen LogP contribution in [0, 0.1) is 0 Å². The second kappa shape index (κ2) is 5.96. The Hall–Kier alpha value is -1.16. The minimum absolute atomic E-state index is 0.301. The summed E-state index contributed by atoms with van der Waals surface area (Å²) in [6.07, 6.45) is 4.26. The quantitative estimate of drug-likeness (QED) is 0.875. The first kappa shape index (κ1) is 12.3. The minimum Gasteiger partial charge on any atom is -0.435 e. The van der Waals surface area contributed by atoms with E-state index in [0.29, 0.717) is 11.8 Å². The maximum Gasteiger partial charge on any atom is 0.387 e. The third-order valence-corrected chi connectivity index (χ3v) is 3.07. The van der Waals surface area contributed by atoms with E-state index in [-0.39, 0.29) is 0 Å². The predicted octanol–water partition coefficient (Wildman–Crippen LogP) is 2.97. The Bertz CT molecular complexity index is 351. The normalized spacial score (nSPS) is 20.5. The lowest BCUT2D eigenvalue weighted by atomic mass is 9.97. The summed E-state index contributed by atoms with van der Waals surface area (Å²) in [5.41, 5.74) is 0.854. The third-order valence-electron chi connectivity index (χ3n) is 3.07. The van der Waals surface area contributed by atoms with Crippen molar-refractivity contribution >= 4 is 0 Å². The first-order valence-electron chi connectivity index (χ1n) is 6.02. The van der Waals surface area contributed by atoms with Crippen LogP contribution >= 0.6 is 0 Å². The van der Waals surface area contributed by atoms with Crippen LogP contribution in [-0.2, 0) is 6.42 Å². The number of hydrogen-bond acceptors (Lipinski definition) is 2. The number of ether oxygens (including phenoxy) is 1. The number of rotatable bonds is 4. The first-order valence-corrected chi connectivity index (χ1v) is 6.02. The molecule has 1 aromatic rings. The fourth-order valence-electron chi connectivity index (χ4n) is 2.25. The van der Waals surface area contributed by atoms with Crippen molar-refractivity contribution in [3.8, 4) is 5.75 Å². The molecule has 2 nitrogen and oxygen atoms in total. The van der Waals surface area contributed by atoms with Gasteiger partial charge in [0, 0.05) is 6.04 Å². The fourth-order valence-corrected chi connectivity index (χ4v) is 2.25. The summed E-state index contributed by atoms with van der Waals surface area (Å²) in [4.78, 5) is 0. The molecule has 0 saturated carbocycles. The minimum atomic E-state index is -2.75. The Morgan fingerprint density at radius 3 is 2.82 bits per heavy atom. The molecule has 0 bridgehead atoms. The molecule has 1 fully saturated rings. The third kappa shape index (κ3) is 3.66. The van der Waals surface area contributed by atoms with E-state index >= 15 is 0 Å². The maximum atomic E-state index is 12.2. The van der Waals surface area contributed by atoms with Crippen molar-refractivity contribution in [3.63, 3.8) is 0 Å². The van der Waals surface area contributed by atoms with Crippen molar-refractivity contribution in [2.45, 2.75) is 38.3 Å². The second-order valence-corrected chi connectivity index (χ2v) is 4.34. The van der Waals surface area contributed by atoms with Gasteiger partial charge in [0.05, 0.1) is 0 Å². The van der Waals surface area contributed by atoms with Crippen LogP contribution in [0.2, 0.25) is 0 Å². The molecule has 1 aliphatic heterocycles. The number of para-hydroxylation sites is 1. The lowest BCUT2D eigenvalue weighted by molar-refractivity contribution is -0.0505. The van der Waals surface area contributed by atoms with E-state index in [2.05, 4.69) is 10.1 Å². The Labute approximate surface area is 100.0 Å². The zero-order valence-corrected chi connectivity index (χ0v) is 9.66. The van der Waals surface area contributed by atoms with Crippen molar-refractivity contribution in [1.82, 2.24) is 5.32 Å². The zero-order chi connectivity index (χ0) is 12.1. The van der Waals surface area contributed by atoms with E-state index in [1.807, 2.05) is 12.1 Å². The average molecular weight is 241 g/mol. The van der Waals surface area contributed by atoms with E-state index in [1.165, 1.54) is 12.8 Å². The van der Waals surface area contributed by atoms with Crippen LogP contribution in [0.15, 0.2) is 24.3 Å². The highest BCUT2D eigenvalue weighted by Crippen LogP contribution is 2.23. The van der Waals surface area contributed by atoms with Crippen LogP contribution in [-0.4, -0.2) is 19.2 Å². The van der Waals surface area contributed by atoms with Gasteiger partial charge < -0.3 is 10.1 Å². The van der Waals surface area contributed by atoms with Crippen molar-refractivity contribution in [2.24, 2.45) is 0 Å². The van der Waals surface area contributed by atoms with Gasteiger partial charge in [-0.05, 0) is 37.4 Å². The fraction of sp³-hybridized carbons (Fsp3) is 0.538. The van der Waals surface area contributed by atoms with Gasteiger partial charge in [0.1, 0.15) is 5.75 Å². The van der Waals surface area contributed by atoms with Gasteiger partial charge >= 0.3 is 6.61 Å². The summed E-state index contributed by atoms with van der Waals surface area (Å²) in [7, 11) is 0. The number of nitrogens with one attached hydrogen (secondary N) is 1. The molecule has 2 rings (SSSR count).